The van der Waals surface area contributed by atoms with Crippen molar-refractivity contribution in [2.75, 3.05) is 0 Å². The minimum Gasteiger partial charge on any atom is -0.237 e. The summed E-state index contributed by atoms with van der Waals surface area (Å²) < 4.78 is 4.13. The molecule has 0 bridgehead atoms. The Morgan fingerprint density at radius 2 is 2.50 bits per heavy atom. The molecule has 0 unspecified atom stereocenters. The van der Waals surface area contributed by atoms with E-state index < -0.39 is 0 Å². The van der Waals surface area contributed by atoms with E-state index >= 15 is 0 Å². The molecule has 0 saturated carbocycles. The first kappa shape index (κ1) is 7.06. The summed E-state index contributed by atoms with van der Waals surface area (Å²) >= 11 is 0. The van der Waals surface area contributed by atoms with Crippen molar-refractivity contribution >= 4 is 6.20 Å². The van der Waals surface area contributed by atoms with E-state index in [0.717, 1.165) is 6.42 Å². The van der Waals surface area contributed by atoms with E-state index in [1.807, 2.05) is 30.2 Å². The lowest BCUT2D eigenvalue weighted by molar-refractivity contribution is -0.576. The highest BCUT2D eigenvalue weighted by atomic mass is 15.1. The number of aromatic nitrogens is 2. The zero-order chi connectivity index (χ0) is 7.56. The van der Waals surface area contributed by atoms with Crippen molar-refractivity contribution in [3.8, 4) is 0 Å². The fourth-order valence-corrected chi connectivity index (χ4v) is 1.12. The van der Waals surface area contributed by atoms with Crippen LogP contribution in [0.15, 0.2) is 19.0 Å². The molecule has 0 aliphatic carbocycles. The van der Waals surface area contributed by atoms with Crippen LogP contribution >= 0.6 is 0 Å². The van der Waals surface area contributed by atoms with Crippen molar-refractivity contribution in [2.45, 2.75) is 13.3 Å². The zero-order valence-corrected chi connectivity index (χ0v) is 6.54. The Kier molecular flexibility index (Phi) is 1.90. The summed E-state index contributed by atoms with van der Waals surface area (Å²) in [6.45, 7) is 5.84. The van der Waals surface area contributed by atoms with Gasteiger partial charge in [0.25, 0.3) is 5.82 Å². The van der Waals surface area contributed by atoms with Gasteiger partial charge in [-0.15, -0.1) is 0 Å². The van der Waals surface area contributed by atoms with E-state index in [1.165, 1.54) is 5.82 Å². The summed E-state index contributed by atoms with van der Waals surface area (Å²) in [5.74, 6) is 1.27. The maximum atomic E-state index is 3.70. The van der Waals surface area contributed by atoms with Crippen LogP contribution in [-0.4, -0.2) is 4.57 Å². The Bertz CT molecular complexity index is 235. The second-order valence-electron chi connectivity index (χ2n) is 2.27. The van der Waals surface area contributed by atoms with E-state index in [0.29, 0.717) is 0 Å². The molecule has 0 aliphatic rings. The maximum absolute atomic E-state index is 3.70. The van der Waals surface area contributed by atoms with Gasteiger partial charge in [0, 0.05) is 6.42 Å². The van der Waals surface area contributed by atoms with Gasteiger partial charge in [0.15, 0.2) is 0 Å². The number of aryl methyl sites for hydroxylation is 1. The summed E-state index contributed by atoms with van der Waals surface area (Å²) in [6, 6.07) is 0. The molecular weight excluding hydrogens is 124 g/mol. The van der Waals surface area contributed by atoms with Gasteiger partial charge in [-0.05, 0) is 0 Å². The molecule has 0 fully saturated rings. The van der Waals surface area contributed by atoms with Crippen LogP contribution in [0.5, 0.6) is 0 Å². The Balaban J connectivity index is 3.12. The van der Waals surface area contributed by atoms with Crippen molar-refractivity contribution in [2.24, 2.45) is 7.05 Å². The largest absolute Gasteiger partial charge is 0.260 e. The first-order valence-corrected chi connectivity index (χ1v) is 3.47. The predicted molar refractivity (Wildman–Crippen MR) is 41.4 cm³/mol. The Hall–Kier alpha value is -1.05. The van der Waals surface area contributed by atoms with Gasteiger partial charge < -0.3 is 0 Å². The van der Waals surface area contributed by atoms with Crippen LogP contribution in [-0.2, 0) is 13.5 Å². The van der Waals surface area contributed by atoms with Crippen molar-refractivity contribution in [1.82, 2.24) is 4.57 Å². The van der Waals surface area contributed by atoms with Gasteiger partial charge in [0.1, 0.15) is 12.4 Å². The van der Waals surface area contributed by atoms with E-state index in [2.05, 4.69) is 18.1 Å². The average molecular weight is 137 g/mol. The Morgan fingerprint density at radius 3 is 2.90 bits per heavy atom. The van der Waals surface area contributed by atoms with Crippen LogP contribution in [0.3, 0.4) is 0 Å². The molecule has 0 N–H and O–H groups in total. The normalized spacial score (nSPS) is 9.80. The minimum atomic E-state index is 1.04. The molecule has 2 heteroatoms. The molecule has 1 aromatic rings. The third-order valence-corrected chi connectivity index (χ3v) is 1.67. The van der Waals surface area contributed by atoms with Crippen LogP contribution < -0.4 is 4.57 Å². The molecule has 0 amide bonds. The third kappa shape index (κ3) is 0.967. The predicted octanol–water partition coefficient (Wildman–Crippen LogP) is 0.976. The van der Waals surface area contributed by atoms with Crippen LogP contribution in [0.1, 0.15) is 12.7 Å². The zero-order valence-electron chi connectivity index (χ0n) is 6.54. The van der Waals surface area contributed by atoms with E-state index in [-0.39, 0.29) is 0 Å². The van der Waals surface area contributed by atoms with Gasteiger partial charge in [0.2, 0.25) is 0 Å². The van der Waals surface area contributed by atoms with E-state index in [4.69, 9.17) is 0 Å². The molecule has 0 radical (unpaired) electrons. The first-order chi connectivity index (χ1) is 4.79. The molecular formula is C8H13N2+. The van der Waals surface area contributed by atoms with Gasteiger partial charge in [-0.25, -0.2) is 9.13 Å². The lowest BCUT2D eigenvalue weighted by atomic mass is 10.4. The lowest BCUT2D eigenvalue weighted by Gasteiger charge is -1.91. The monoisotopic (exact) mass is 137 g/mol. The fraction of sp³-hybridized carbons (Fsp3) is 0.375. The molecule has 0 saturated heterocycles. The van der Waals surface area contributed by atoms with E-state index in [9.17, 15) is 0 Å². The molecule has 2 nitrogen and oxygen atoms in total. The molecule has 54 valence electrons. The van der Waals surface area contributed by atoms with Gasteiger partial charge in [-0.3, -0.25) is 0 Å². The summed E-state index contributed by atoms with van der Waals surface area (Å²) in [5.41, 5.74) is 0. The average Bonchev–Trinajstić information content (AvgIpc) is 2.30. The SMILES string of the molecule is C=C[n+]1ccn(C)c1CC. The second-order valence-corrected chi connectivity index (χ2v) is 2.27. The molecule has 1 heterocycles. The van der Waals surface area contributed by atoms with Crippen molar-refractivity contribution in [1.29, 1.82) is 0 Å². The van der Waals surface area contributed by atoms with Crippen LogP contribution in [0, 0.1) is 0 Å². The summed E-state index contributed by atoms with van der Waals surface area (Å²) in [4.78, 5) is 0. The summed E-state index contributed by atoms with van der Waals surface area (Å²) in [5, 5.41) is 0. The summed E-state index contributed by atoms with van der Waals surface area (Å²) in [7, 11) is 2.04. The van der Waals surface area contributed by atoms with Gasteiger partial charge in [-0.2, -0.15) is 0 Å². The number of nitrogens with zero attached hydrogens (tertiary/aromatic N) is 2. The molecule has 1 aromatic heterocycles. The lowest BCUT2D eigenvalue weighted by Crippen LogP contribution is -2.28. The van der Waals surface area contributed by atoms with Crippen LogP contribution in [0.2, 0.25) is 0 Å². The third-order valence-electron chi connectivity index (χ3n) is 1.67. The van der Waals surface area contributed by atoms with Crippen LogP contribution in [0.25, 0.3) is 6.20 Å². The summed E-state index contributed by atoms with van der Waals surface area (Å²) in [6.07, 6.45) is 6.89. The number of rotatable bonds is 2. The van der Waals surface area contributed by atoms with Crippen molar-refractivity contribution in [3.63, 3.8) is 0 Å². The van der Waals surface area contributed by atoms with Gasteiger partial charge in [0.05, 0.1) is 13.2 Å². The molecule has 0 spiro atoms. The molecule has 0 atom stereocenters. The van der Waals surface area contributed by atoms with Gasteiger partial charge >= 0.3 is 0 Å². The highest BCUT2D eigenvalue weighted by Gasteiger charge is 2.07. The minimum absolute atomic E-state index is 1.04. The smallest absolute Gasteiger partial charge is 0.237 e. The van der Waals surface area contributed by atoms with E-state index in [1.54, 1.807) is 0 Å². The topological polar surface area (TPSA) is 8.81 Å². The fourth-order valence-electron chi connectivity index (χ4n) is 1.12. The van der Waals surface area contributed by atoms with Crippen LogP contribution in [0.4, 0.5) is 0 Å². The Morgan fingerprint density at radius 1 is 1.80 bits per heavy atom. The second kappa shape index (κ2) is 2.69. The number of hydrogen-bond acceptors (Lipinski definition) is 0. The first-order valence-electron chi connectivity index (χ1n) is 3.47. The maximum Gasteiger partial charge on any atom is 0.260 e. The van der Waals surface area contributed by atoms with Gasteiger partial charge in [-0.1, -0.05) is 13.5 Å². The number of imidazole rings is 1. The highest BCUT2D eigenvalue weighted by Crippen LogP contribution is 1.91. The quantitative estimate of drug-likeness (QED) is 0.537. The van der Waals surface area contributed by atoms with Crippen molar-refractivity contribution in [3.05, 3.63) is 24.8 Å². The molecule has 10 heavy (non-hydrogen) atoms. The Labute approximate surface area is 61.4 Å². The molecule has 0 aliphatic heterocycles. The molecule has 0 aromatic carbocycles. The van der Waals surface area contributed by atoms with Crippen molar-refractivity contribution < 1.29 is 4.57 Å². The molecule has 1 rings (SSSR count). The standard InChI is InChI=1S/C8H13N2/c1-4-8-9(3)6-7-10(8)5-2/h5-7H,2,4H2,1,3H3/q+1. The highest BCUT2D eigenvalue weighted by molar-refractivity contribution is 4.98. The number of hydrogen-bond donors (Lipinski definition) is 0.